The quantitative estimate of drug-likeness (QED) is 0.599. The number of alkyl halides is 2. The highest BCUT2D eigenvalue weighted by Gasteiger charge is 2.57. The Morgan fingerprint density at radius 3 is 2.71 bits per heavy atom. The van der Waals surface area contributed by atoms with Gasteiger partial charge in [-0.3, -0.25) is 4.79 Å². The third-order valence-electron chi connectivity index (χ3n) is 6.26. The highest BCUT2D eigenvalue weighted by Crippen LogP contribution is 2.48. The molecule has 1 aliphatic heterocycles. The van der Waals surface area contributed by atoms with Crippen LogP contribution in [0, 0.1) is 17.2 Å². The molecule has 1 N–H and O–H groups in total. The Hall–Kier alpha value is -3.41. The van der Waals surface area contributed by atoms with Crippen LogP contribution in [0.25, 0.3) is 0 Å². The third kappa shape index (κ3) is 5.38. The number of carbonyl (C=O) groups excluding carboxylic acids is 1. The largest absolute Gasteiger partial charge is 0.489 e. The Balaban J connectivity index is 1.33. The van der Waals surface area contributed by atoms with Gasteiger partial charge in [-0.05, 0) is 37.6 Å². The zero-order valence-corrected chi connectivity index (χ0v) is 19.3. The van der Waals surface area contributed by atoms with Crippen molar-refractivity contribution in [3.05, 3.63) is 47.7 Å². The standard InChI is InChI=1S/C25H28F2N4O3/c1-3-29-24(32)16(2)17-4-6-19(7-5-17)34-20-10-11-31(14-20)22-8-9-23(30-21(22)13-28)33-15-18-12-25(18,26)27/h4-9,16,18,20H,3,10-12,14-15H2,1-2H3,(H,29,32)/t16?,18?,20-/m1/s1. The van der Waals surface area contributed by atoms with E-state index in [1.165, 1.54) is 0 Å². The zero-order valence-electron chi connectivity index (χ0n) is 19.3. The van der Waals surface area contributed by atoms with Crippen molar-refractivity contribution in [2.45, 2.75) is 44.6 Å². The van der Waals surface area contributed by atoms with Crippen LogP contribution in [0.5, 0.6) is 11.6 Å². The molecule has 7 nitrogen and oxygen atoms in total. The number of hydrogen-bond acceptors (Lipinski definition) is 6. The predicted octanol–water partition coefficient (Wildman–Crippen LogP) is 3.88. The first-order valence-electron chi connectivity index (χ1n) is 11.5. The molecule has 2 unspecified atom stereocenters. The predicted molar refractivity (Wildman–Crippen MR) is 122 cm³/mol. The Labute approximate surface area is 197 Å². The molecule has 2 aliphatic rings. The fourth-order valence-corrected chi connectivity index (χ4v) is 4.04. The number of anilines is 1. The second-order valence-electron chi connectivity index (χ2n) is 8.76. The van der Waals surface area contributed by atoms with Crippen LogP contribution in [-0.2, 0) is 4.79 Å². The van der Waals surface area contributed by atoms with E-state index in [1.54, 1.807) is 12.1 Å². The van der Waals surface area contributed by atoms with E-state index in [1.807, 2.05) is 43.0 Å². The van der Waals surface area contributed by atoms with E-state index in [4.69, 9.17) is 9.47 Å². The number of aromatic nitrogens is 1. The van der Waals surface area contributed by atoms with Crippen molar-refractivity contribution in [2.24, 2.45) is 5.92 Å². The molecule has 0 spiro atoms. The van der Waals surface area contributed by atoms with Crippen LogP contribution < -0.4 is 19.7 Å². The van der Waals surface area contributed by atoms with Gasteiger partial charge in [0, 0.05) is 32.0 Å². The fourth-order valence-electron chi connectivity index (χ4n) is 4.04. The summed E-state index contributed by atoms with van der Waals surface area (Å²) in [6.45, 7) is 5.53. The van der Waals surface area contributed by atoms with Crippen molar-refractivity contribution in [3.8, 4) is 17.7 Å². The Morgan fingerprint density at radius 2 is 2.06 bits per heavy atom. The van der Waals surface area contributed by atoms with E-state index in [-0.39, 0.29) is 42.5 Å². The highest BCUT2D eigenvalue weighted by atomic mass is 19.3. The van der Waals surface area contributed by atoms with Gasteiger partial charge in [-0.15, -0.1) is 0 Å². The minimum absolute atomic E-state index is 0.00796. The van der Waals surface area contributed by atoms with Gasteiger partial charge in [0.25, 0.3) is 5.92 Å². The second kappa shape index (κ2) is 9.84. The maximum Gasteiger partial charge on any atom is 0.255 e. The van der Waals surface area contributed by atoms with Gasteiger partial charge in [-0.1, -0.05) is 12.1 Å². The Bertz CT molecular complexity index is 1070. The summed E-state index contributed by atoms with van der Waals surface area (Å²) >= 11 is 0. The van der Waals surface area contributed by atoms with Crippen LogP contribution in [-0.4, -0.2) is 49.2 Å². The lowest BCUT2D eigenvalue weighted by molar-refractivity contribution is -0.122. The lowest BCUT2D eigenvalue weighted by atomic mass is 10.0. The molecule has 1 amide bonds. The first kappa shape index (κ1) is 23.7. The van der Waals surface area contributed by atoms with Crippen molar-refractivity contribution in [2.75, 3.05) is 31.1 Å². The van der Waals surface area contributed by atoms with Crippen molar-refractivity contribution >= 4 is 11.6 Å². The number of nitriles is 1. The van der Waals surface area contributed by atoms with Crippen molar-refractivity contribution < 1.29 is 23.0 Å². The van der Waals surface area contributed by atoms with Gasteiger partial charge in [0.05, 0.1) is 30.7 Å². The number of amides is 1. The molecule has 2 aromatic rings. The average Bonchev–Trinajstić information content (AvgIpc) is 3.20. The van der Waals surface area contributed by atoms with E-state index >= 15 is 0 Å². The molecule has 1 aromatic carbocycles. The molecule has 2 heterocycles. The molecule has 9 heteroatoms. The van der Waals surface area contributed by atoms with E-state index in [0.717, 1.165) is 17.7 Å². The molecular weight excluding hydrogens is 442 g/mol. The van der Waals surface area contributed by atoms with Gasteiger partial charge in [-0.2, -0.15) is 5.26 Å². The second-order valence-corrected chi connectivity index (χ2v) is 8.76. The van der Waals surface area contributed by atoms with Gasteiger partial charge in [0.2, 0.25) is 11.8 Å². The van der Waals surface area contributed by atoms with Crippen molar-refractivity contribution in [3.63, 3.8) is 0 Å². The van der Waals surface area contributed by atoms with E-state index in [9.17, 15) is 18.8 Å². The summed E-state index contributed by atoms with van der Waals surface area (Å²) in [6, 6.07) is 13.0. The van der Waals surface area contributed by atoms with Gasteiger partial charge < -0.3 is 19.7 Å². The normalized spacial score (nSPS) is 21.4. The number of likely N-dealkylation sites (N-methyl/N-ethyl adjacent to an activating group) is 1. The minimum atomic E-state index is -2.65. The van der Waals surface area contributed by atoms with E-state index < -0.39 is 11.8 Å². The van der Waals surface area contributed by atoms with Crippen LogP contribution in [0.2, 0.25) is 0 Å². The Morgan fingerprint density at radius 1 is 1.32 bits per heavy atom. The summed E-state index contributed by atoms with van der Waals surface area (Å²) in [7, 11) is 0. The van der Waals surface area contributed by atoms with Crippen LogP contribution >= 0.6 is 0 Å². The number of rotatable bonds is 9. The number of hydrogen-bond donors (Lipinski definition) is 1. The smallest absolute Gasteiger partial charge is 0.255 e. The average molecular weight is 471 g/mol. The maximum absolute atomic E-state index is 13.0. The summed E-state index contributed by atoms with van der Waals surface area (Å²) in [4.78, 5) is 18.3. The van der Waals surface area contributed by atoms with Crippen molar-refractivity contribution in [1.82, 2.24) is 10.3 Å². The molecule has 3 atom stereocenters. The van der Waals surface area contributed by atoms with Crippen LogP contribution in [0.4, 0.5) is 14.5 Å². The molecule has 1 aromatic heterocycles. The van der Waals surface area contributed by atoms with Crippen LogP contribution in [0.15, 0.2) is 36.4 Å². The molecule has 34 heavy (non-hydrogen) atoms. The number of ether oxygens (including phenoxy) is 2. The summed E-state index contributed by atoms with van der Waals surface area (Å²) in [5.74, 6) is -2.77. The van der Waals surface area contributed by atoms with Gasteiger partial charge >= 0.3 is 0 Å². The van der Waals surface area contributed by atoms with Gasteiger partial charge in [0.15, 0.2) is 5.69 Å². The zero-order chi connectivity index (χ0) is 24.3. The summed E-state index contributed by atoms with van der Waals surface area (Å²) in [5.41, 5.74) is 1.79. The maximum atomic E-state index is 13.0. The first-order chi connectivity index (χ1) is 16.3. The first-order valence-corrected chi connectivity index (χ1v) is 11.5. The lowest BCUT2D eigenvalue weighted by Gasteiger charge is -2.20. The summed E-state index contributed by atoms with van der Waals surface area (Å²) in [5, 5.41) is 12.4. The van der Waals surface area contributed by atoms with E-state index in [2.05, 4.69) is 16.4 Å². The summed E-state index contributed by atoms with van der Waals surface area (Å²) in [6.07, 6.45) is 0.546. The molecular formula is C25H28F2N4O3. The number of carbonyl (C=O) groups is 1. The monoisotopic (exact) mass is 470 g/mol. The molecule has 1 aliphatic carbocycles. The van der Waals surface area contributed by atoms with Crippen LogP contribution in [0.1, 0.15) is 43.9 Å². The van der Waals surface area contributed by atoms with Crippen LogP contribution in [0.3, 0.4) is 0 Å². The summed E-state index contributed by atoms with van der Waals surface area (Å²) < 4.78 is 37.6. The Kier molecular flexibility index (Phi) is 6.87. The molecule has 1 saturated heterocycles. The van der Waals surface area contributed by atoms with Gasteiger partial charge in [0.1, 0.15) is 17.9 Å². The minimum Gasteiger partial charge on any atom is -0.489 e. The lowest BCUT2D eigenvalue weighted by Crippen LogP contribution is -2.27. The topological polar surface area (TPSA) is 87.5 Å². The third-order valence-corrected chi connectivity index (χ3v) is 6.26. The molecule has 2 fully saturated rings. The number of pyridine rings is 1. The fraction of sp³-hybridized carbons (Fsp3) is 0.480. The van der Waals surface area contributed by atoms with Gasteiger partial charge in [-0.25, -0.2) is 13.8 Å². The highest BCUT2D eigenvalue weighted by molar-refractivity contribution is 5.83. The van der Waals surface area contributed by atoms with Crippen molar-refractivity contribution in [1.29, 1.82) is 5.26 Å². The van der Waals surface area contributed by atoms with E-state index in [0.29, 0.717) is 25.3 Å². The molecule has 4 rings (SSSR count). The SMILES string of the molecule is CCNC(=O)C(C)c1ccc(O[C@@H]2CCN(c3ccc(OCC4CC4(F)F)nc3C#N)C2)cc1. The molecule has 1 saturated carbocycles. The molecule has 180 valence electrons. The molecule has 0 radical (unpaired) electrons. The molecule has 0 bridgehead atoms. The number of nitrogens with one attached hydrogen (secondary N) is 1. The number of nitrogens with zero attached hydrogens (tertiary/aromatic N) is 3. The number of halogens is 2. The number of benzene rings is 1.